The lowest BCUT2D eigenvalue weighted by Crippen LogP contribution is -1.94. The topological polar surface area (TPSA) is 17.1 Å². The first kappa shape index (κ1) is 12.6. The van der Waals surface area contributed by atoms with Crippen LogP contribution in [0.5, 0.6) is 0 Å². The molecule has 0 bridgehead atoms. The van der Waals surface area contributed by atoms with Gasteiger partial charge in [0, 0.05) is 10.6 Å². The molecule has 0 fully saturated rings. The molecule has 0 atom stereocenters. The molecule has 0 saturated heterocycles. The third-order valence-electron chi connectivity index (χ3n) is 2.67. The first-order chi connectivity index (χ1) is 8.66. The van der Waals surface area contributed by atoms with E-state index in [1.807, 2.05) is 43.3 Å². The smallest absolute Gasteiger partial charge is 0.185 e. The Morgan fingerprint density at radius 2 is 1.83 bits per heavy atom. The Hall–Kier alpha value is -1.86. The van der Waals surface area contributed by atoms with Gasteiger partial charge in [-0.3, -0.25) is 4.79 Å². The SMILES string of the molecule is Cc1cc(C(=O)C=Cc2ccccc2)ccc1Cl. The van der Waals surface area contributed by atoms with Crippen molar-refractivity contribution in [1.29, 1.82) is 0 Å². The van der Waals surface area contributed by atoms with E-state index in [0.717, 1.165) is 11.1 Å². The van der Waals surface area contributed by atoms with Gasteiger partial charge in [-0.15, -0.1) is 0 Å². The van der Waals surface area contributed by atoms with Crippen molar-refractivity contribution in [3.63, 3.8) is 0 Å². The highest BCUT2D eigenvalue weighted by molar-refractivity contribution is 6.31. The Kier molecular flexibility index (Phi) is 3.96. The molecule has 0 aliphatic rings. The van der Waals surface area contributed by atoms with Crippen molar-refractivity contribution in [2.75, 3.05) is 0 Å². The molecular weight excluding hydrogens is 244 g/mol. The van der Waals surface area contributed by atoms with Crippen molar-refractivity contribution in [3.8, 4) is 0 Å². The Labute approximate surface area is 112 Å². The van der Waals surface area contributed by atoms with E-state index in [9.17, 15) is 4.79 Å². The van der Waals surface area contributed by atoms with Crippen molar-refractivity contribution >= 4 is 23.5 Å². The van der Waals surface area contributed by atoms with Crippen molar-refractivity contribution in [3.05, 3.63) is 76.3 Å². The summed E-state index contributed by atoms with van der Waals surface area (Å²) in [4.78, 5) is 12.0. The van der Waals surface area contributed by atoms with Crippen LogP contribution in [-0.2, 0) is 0 Å². The lowest BCUT2D eigenvalue weighted by Gasteiger charge is -2.00. The van der Waals surface area contributed by atoms with Crippen LogP contribution in [0.25, 0.3) is 6.08 Å². The highest BCUT2D eigenvalue weighted by Crippen LogP contribution is 2.17. The Bertz CT molecular complexity index is 585. The molecule has 0 heterocycles. The highest BCUT2D eigenvalue weighted by atomic mass is 35.5. The molecule has 0 saturated carbocycles. The summed E-state index contributed by atoms with van der Waals surface area (Å²) in [5, 5.41) is 0.679. The monoisotopic (exact) mass is 256 g/mol. The molecule has 2 aromatic carbocycles. The molecule has 90 valence electrons. The highest BCUT2D eigenvalue weighted by Gasteiger charge is 2.03. The molecule has 0 aromatic heterocycles. The number of ketones is 1. The summed E-state index contributed by atoms with van der Waals surface area (Å²) in [7, 11) is 0. The van der Waals surface area contributed by atoms with Gasteiger partial charge in [-0.1, -0.05) is 48.0 Å². The average molecular weight is 257 g/mol. The molecule has 2 rings (SSSR count). The minimum Gasteiger partial charge on any atom is -0.289 e. The van der Waals surface area contributed by atoms with E-state index in [0.29, 0.717) is 10.6 Å². The van der Waals surface area contributed by atoms with Gasteiger partial charge >= 0.3 is 0 Å². The second-order valence-electron chi connectivity index (χ2n) is 4.07. The predicted molar refractivity (Wildman–Crippen MR) is 76.0 cm³/mol. The van der Waals surface area contributed by atoms with Gasteiger partial charge in [0.05, 0.1) is 0 Å². The summed E-state index contributed by atoms with van der Waals surface area (Å²) in [6.07, 6.45) is 3.39. The van der Waals surface area contributed by atoms with Gasteiger partial charge in [0.15, 0.2) is 5.78 Å². The van der Waals surface area contributed by atoms with Crippen LogP contribution in [0.3, 0.4) is 0 Å². The lowest BCUT2D eigenvalue weighted by atomic mass is 10.1. The van der Waals surface area contributed by atoms with Crippen LogP contribution >= 0.6 is 11.6 Å². The maximum absolute atomic E-state index is 12.0. The number of carbonyl (C=O) groups excluding carboxylic acids is 1. The number of aryl methyl sites for hydroxylation is 1. The predicted octanol–water partition coefficient (Wildman–Crippen LogP) is 4.54. The Morgan fingerprint density at radius 1 is 1.11 bits per heavy atom. The van der Waals surface area contributed by atoms with Crippen molar-refractivity contribution in [2.24, 2.45) is 0 Å². The zero-order valence-electron chi connectivity index (χ0n) is 10.1. The van der Waals surface area contributed by atoms with E-state index in [2.05, 4.69) is 0 Å². The second-order valence-corrected chi connectivity index (χ2v) is 4.48. The number of rotatable bonds is 3. The standard InChI is InChI=1S/C16H13ClO/c1-12-11-14(8-9-15(12)17)16(18)10-7-13-5-3-2-4-6-13/h2-11H,1H3. The summed E-state index contributed by atoms with van der Waals surface area (Å²) in [6.45, 7) is 1.89. The third kappa shape index (κ3) is 3.08. The van der Waals surface area contributed by atoms with E-state index < -0.39 is 0 Å². The molecule has 0 aliphatic carbocycles. The Balaban J connectivity index is 2.17. The van der Waals surface area contributed by atoms with Gasteiger partial charge in [0.25, 0.3) is 0 Å². The molecule has 2 heteroatoms. The van der Waals surface area contributed by atoms with Crippen molar-refractivity contribution < 1.29 is 4.79 Å². The van der Waals surface area contributed by atoms with Gasteiger partial charge in [-0.25, -0.2) is 0 Å². The quantitative estimate of drug-likeness (QED) is 0.582. The number of halogens is 1. The van der Waals surface area contributed by atoms with E-state index in [4.69, 9.17) is 11.6 Å². The van der Waals surface area contributed by atoms with Crippen molar-refractivity contribution in [1.82, 2.24) is 0 Å². The summed E-state index contributed by atoms with van der Waals surface area (Å²) in [5.74, 6) is -0.0152. The van der Waals surface area contributed by atoms with Crippen LogP contribution in [0.15, 0.2) is 54.6 Å². The van der Waals surface area contributed by atoms with Crippen molar-refractivity contribution in [2.45, 2.75) is 6.92 Å². The van der Waals surface area contributed by atoms with E-state index >= 15 is 0 Å². The normalized spacial score (nSPS) is 10.8. The van der Waals surface area contributed by atoms with Crippen LogP contribution in [0, 0.1) is 6.92 Å². The van der Waals surface area contributed by atoms with Gasteiger partial charge in [-0.05, 0) is 42.3 Å². The van der Waals surface area contributed by atoms with Gasteiger partial charge in [0.2, 0.25) is 0 Å². The van der Waals surface area contributed by atoms with Gasteiger partial charge < -0.3 is 0 Å². The molecule has 0 radical (unpaired) electrons. The minimum atomic E-state index is -0.0152. The third-order valence-corrected chi connectivity index (χ3v) is 3.09. The van der Waals surface area contributed by atoms with E-state index in [1.165, 1.54) is 0 Å². The van der Waals surface area contributed by atoms with E-state index in [-0.39, 0.29) is 5.78 Å². The lowest BCUT2D eigenvalue weighted by molar-refractivity contribution is 0.104. The van der Waals surface area contributed by atoms with Gasteiger partial charge in [-0.2, -0.15) is 0 Å². The first-order valence-electron chi connectivity index (χ1n) is 5.70. The van der Waals surface area contributed by atoms with Crippen LogP contribution in [-0.4, -0.2) is 5.78 Å². The summed E-state index contributed by atoms with van der Waals surface area (Å²) >= 11 is 5.93. The number of hydrogen-bond acceptors (Lipinski definition) is 1. The second kappa shape index (κ2) is 5.65. The van der Waals surface area contributed by atoms with Crippen LogP contribution < -0.4 is 0 Å². The van der Waals surface area contributed by atoms with E-state index in [1.54, 1.807) is 24.3 Å². The average Bonchev–Trinajstić information content (AvgIpc) is 2.40. The molecule has 0 amide bonds. The fraction of sp³-hybridized carbons (Fsp3) is 0.0625. The number of benzene rings is 2. The largest absolute Gasteiger partial charge is 0.289 e. The maximum atomic E-state index is 12.0. The minimum absolute atomic E-state index is 0.0152. The number of hydrogen-bond donors (Lipinski definition) is 0. The van der Waals surface area contributed by atoms with Crippen LogP contribution in [0.4, 0.5) is 0 Å². The fourth-order valence-corrected chi connectivity index (χ4v) is 1.75. The molecule has 0 unspecified atom stereocenters. The molecular formula is C16H13ClO. The Morgan fingerprint density at radius 3 is 2.50 bits per heavy atom. The first-order valence-corrected chi connectivity index (χ1v) is 6.08. The number of allylic oxidation sites excluding steroid dienone is 1. The maximum Gasteiger partial charge on any atom is 0.185 e. The summed E-state index contributed by atoms with van der Waals surface area (Å²) in [5.41, 5.74) is 2.58. The molecule has 18 heavy (non-hydrogen) atoms. The van der Waals surface area contributed by atoms with Crippen LogP contribution in [0.1, 0.15) is 21.5 Å². The molecule has 2 aromatic rings. The zero-order chi connectivity index (χ0) is 13.0. The zero-order valence-corrected chi connectivity index (χ0v) is 10.8. The molecule has 0 aliphatic heterocycles. The molecule has 1 nitrogen and oxygen atoms in total. The summed E-state index contributed by atoms with van der Waals surface area (Å²) in [6, 6.07) is 15.0. The fourth-order valence-electron chi connectivity index (χ4n) is 1.63. The van der Waals surface area contributed by atoms with Gasteiger partial charge in [0.1, 0.15) is 0 Å². The molecule has 0 N–H and O–H groups in total. The number of carbonyl (C=O) groups is 1. The molecule has 0 spiro atoms. The van der Waals surface area contributed by atoms with Crippen LogP contribution in [0.2, 0.25) is 5.02 Å². The summed E-state index contributed by atoms with van der Waals surface area (Å²) < 4.78 is 0.